The second-order valence-electron chi connectivity index (χ2n) is 4.32. The Bertz CT molecular complexity index is 767. The lowest BCUT2D eigenvalue weighted by atomic mass is 10.2. The normalized spacial score (nSPS) is 11.5. The summed E-state index contributed by atoms with van der Waals surface area (Å²) in [5, 5.41) is 0.0992. The van der Waals surface area contributed by atoms with Crippen molar-refractivity contribution in [2.24, 2.45) is 0 Å². The molecular weight excluding hydrogens is 465 g/mol. The lowest BCUT2D eigenvalue weighted by Crippen LogP contribution is -2.14. The molecule has 2 rings (SSSR count). The predicted molar refractivity (Wildman–Crippen MR) is 93.8 cm³/mol. The number of nitrogens with one attached hydrogen (secondary N) is 1. The number of aryl methyl sites for hydroxylation is 1. The molecule has 8 heteroatoms. The zero-order chi connectivity index (χ0) is 15.8. The molecule has 0 heterocycles. The fourth-order valence-corrected chi connectivity index (χ4v) is 5.37. The third-order valence-electron chi connectivity index (χ3n) is 2.53. The highest BCUT2D eigenvalue weighted by Gasteiger charge is 2.22. The maximum Gasteiger partial charge on any atom is 0.264 e. The van der Waals surface area contributed by atoms with Crippen molar-refractivity contribution in [3.8, 4) is 0 Å². The molecule has 0 fully saturated rings. The van der Waals surface area contributed by atoms with Crippen LogP contribution in [0.4, 0.5) is 5.69 Å². The summed E-state index contributed by atoms with van der Waals surface area (Å²) in [6.07, 6.45) is 0. The Hall–Kier alpha value is -0.270. The van der Waals surface area contributed by atoms with E-state index < -0.39 is 10.0 Å². The van der Waals surface area contributed by atoms with Crippen molar-refractivity contribution in [2.75, 3.05) is 4.72 Å². The number of benzene rings is 2. The lowest BCUT2D eigenvalue weighted by Gasteiger charge is -2.12. The van der Waals surface area contributed by atoms with Gasteiger partial charge in [-0.2, -0.15) is 0 Å². The second kappa shape index (κ2) is 6.46. The minimum absolute atomic E-state index is 0.0496. The van der Waals surface area contributed by atoms with Gasteiger partial charge in [-0.3, -0.25) is 4.72 Å². The quantitative estimate of drug-likeness (QED) is 0.628. The number of rotatable bonds is 3. The molecule has 0 spiro atoms. The molecule has 0 aliphatic carbocycles. The van der Waals surface area contributed by atoms with Crippen molar-refractivity contribution in [3.63, 3.8) is 0 Å². The lowest BCUT2D eigenvalue weighted by molar-refractivity contribution is 0.601. The molecule has 0 saturated carbocycles. The fraction of sp³-hybridized carbons (Fsp3) is 0.0769. The molecule has 2 aromatic carbocycles. The summed E-state index contributed by atoms with van der Waals surface area (Å²) in [5.41, 5.74) is 1.34. The van der Waals surface area contributed by atoms with Crippen LogP contribution in [0.15, 0.2) is 44.2 Å². The van der Waals surface area contributed by atoms with Gasteiger partial charge in [0.2, 0.25) is 0 Å². The van der Waals surface area contributed by atoms with E-state index in [1.807, 2.05) is 13.0 Å². The topological polar surface area (TPSA) is 46.2 Å². The molecule has 21 heavy (non-hydrogen) atoms. The van der Waals surface area contributed by atoms with E-state index in [0.717, 1.165) is 10.0 Å². The van der Waals surface area contributed by atoms with Crippen LogP contribution < -0.4 is 4.72 Å². The number of sulfonamides is 1. The first-order valence-electron chi connectivity index (χ1n) is 5.63. The molecule has 0 atom stereocenters. The third kappa shape index (κ3) is 4.13. The van der Waals surface area contributed by atoms with Crippen molar-refractivity contribution in [1.29, 1.82) is 0 Å². The highest BCUT2D eigenvalue weighted by molar-refractivity contribution is 9.10. The first-order chi connectivity index (χ1) is 9.69. The van der Waals surface area contributed by atoms with Crippen LogP contribution in [0.25, 0.3) is 0 Å². The molecule has 0 bridgehead atoms. The van der Waals surface area contributed by atoms with Crippen molar-refractivity contribution in [2.45, 2.75) is 11.8 Å². The van der Waals surface area contributed by atoms with Gasteiger partial charge in [-0.15, -0.1) is 0 Å². The monoisotopic (exact) mass is 471 g/mol. The van der Waals surface area contributed by atoms with Gasteiger partial charge in [-0.1, -0.05) is 55.1 Å². The van der Waals surface area contributed by atoms with Crippen LogP contribution in [0.2, 0.25) is 10.0 Å². The van der Waals surface area contributed by atoms with Crippen molar-refractivity contribution < 1.29 is 8.42 Å². The summed E-state index contributed by atoms with van der Waals surface area (Å²) < 4.78 is 28.8. The number of hydrogen-bond acceptors (Lipinski definition) is 2. The van der Waals surface area contributed by atoms with E-state index in [1.54, 1.807) is 12.1 Å². The summed E-state index contributed by atoms with van der Waals surface area (Å²) in [6, 6.07) is 8.20. The Morgan fingerprint density at radius 1 is 0.952 bits per heavy atom. The fourth-order valence-electron chi connectivity index (χ4n) is 1.79. The molecule has 0 saturated heterocycles. The SMILES string of the molecule is Cc1cc(Br)cc(NS(=O)(=O)c2c(Cl)cc(Br)cc2Cl)c1. The maximum absolute atomic E-state index is 12.5. The van der Waals surface area contributed by atoms with Crippen molar-refractivity contribution in [1.82, 2.24) is 0 Å². The Labute approximate surface area is 150 Å². The second-order valence-corrected chi connectivity index (χ2v) is 8.59. The maximum atomic E-state index is 12.5. The van der Waals surface area contributed by atoms with Crippen LogP contribution in [-0.2, 0) is 10.0 Å². The van der Waals surface area contributed by atoms with Gasteiger partial charge >= 0.3 is 0 Å². The summed E-state index contributed by atoms with van der Waals surface area (Å²) in [4.78, 5) is -0.147. The van der Waals surface area contributed by atoms with Gasteiger partial charge in [0.05, 0.1) is 15.7 Å². The van der Waals surface area contributed by atoms with Gasteiger partial charge in [0.1, 0.15) is 4.90 Å². The van der Waals surface area contributed by atoms with Crippen molar-refractivity contribution in [3.05, 3.63) is 54.9 Å². The van der Waals surface area contributed by atoms with Gasteiger partial charge in [0.15, 0.2) is 0 Å². The molecule has 0 radical (unpaired) electrons. The van der Waals surface area contributed by atoms with Crippen LogP contribution in [0.5, 0.6) is 0 Å². The van der Waals surface area contributed by atoms with Gasteiger partial charge < -0.3 is 0 Å². The summed E-state index contributed by atoms with van der Waals surface area (Å²) >= 11 is 18.5. The van der Waals surface area contributed by atoms with E-state index in [4.69, 9.17) is 23.2 Å². The van der Waals surface area contributed by atoms with Gasteiger partial charge in [-0.05, 0) is 42.8 Å². The van der Waals surface area contributed by atoms with E-state index in [2.05, 4.69) is 36.6 Å². The Morgan fingerprint density at radius 3 is 2.00 bits per heavy atom. The van der Waals surface area contributed by atoms with Gasteiger partial charge in [0, 0.05) is 8.95 Å². The molecule has 0 unspecified atom stereocenters. The molecule has 0 aliphatic heterocycles. The molecule has 3 nitrogen and oxygen atoms in total. The molecular formula is C13H9Br2Cl2NO2S. The molecule has 112 valence electrons. The van der Waals surface area contributed by atoms with E-state index >= 15 is 0 Å². The standard InChI is InChI=1S/C13H9Br2Cl2NO2S/c1-7-2-8(14)4-10(3-7)18-21(19,20)13-11(16)5-9(15)6-12(13)17/h2-6,18H,1H3. The average molecular weight is 474 g/mol. The summed E-state index contributed by atoms with van der Waals surface area (Å²) in [6.45, 7) is 1.86. The van der Waals surface area contributed by atoms with E-state index in [1.165, 1.54) is 12.1 Å². The van der Waals surface area contributed by atoms with Crippen molar-refractivity contribution >= 4 is 70.8 Å². The number of halogens is 4. The van der Waals surface area contributed by atoms with Gasteiger partial charge in [0.25, 0.3) is 10.0 Å². The predicted octanol–water partition coefficient (Wildman–Crippen LogP) is 5.63. The summed E-state index contributed by atoms with van der Waals surface area (Å²) in [7, 11) is -3.88. The zero-order valence-electron chi connectivity index (χ0n) is 10.6. The Kier molecular flexibility index (Phi) is 5.26. The molecule has 0 aromatic heterocycles. The van der Waals surface area contributed by atoms with Crippen LogP contribution in [0.3, 0.4) is 0 Å². The third-order valence-corrected chi connectivity index (χ3v) is 5.74. The Morgan fingerprint density at radius 2 is 1.48 bits per heavy atom. The highest BCUT2D eigenvalue weighted by atomic mass is 79.9. The van der Waals surface area contributed by atoms with Gasteiger partial charge in [-0.25, -0.2) is 8.42 Å². The van der Waals surface area contributed by atoms with Crippen LogP contribution in [-0.4, -0.2) is 8.42 Å². The van der Waals surface area contributed by atoms with E-state index in [-0.39, 0.29) is 14.9 Å². The van der Waals surface area contributed by atoms with Crippen LogP contribution >= 0.6 is 55.1 Å². The largest absolute Gasteiger partial charge is 0.279 e. The smallest absolute Gasteiger partial charge is 0.264 e. The van der Waals surface area contributed by atoms with E-state index in [9.17, 15) is 8.42 Å². The molecule has 0 aliphatic rings. The molecule has 2 aromatic rings. The highest BCUT2D eigenvalue weighted by Crippen LogP contribution is 2.34. The molecule has 0 amide bonds. The Balaban J connectivity index is 2.48. The molecule has 1 N–H and O–H groups in total. The zero-order valence-corrected chi connectivity index (χ0v) is 16.1. The number of anilines is 1. The van der Waals surface area contributed by atoms with Crippen LogP contribution in [0.1, 0.15) is 5.56 Å². The first kappa shape index (κ1) is 17.1. The average Bonchev–Trinajstić information content (AvgIpc) is 2.23. The minimum Gasteiger partial charge on any atom is -0.279 e. The first-order valence-corrected chi connectivity index (χ1v) is 9.46. The van der Waals surface area contributed by atoms with E-state index in [0.29, 0.717) is 10.2 Å². The summed E-state index contributed by atoms with van der Waals surface area (Å²) in [5.74, 6) is 0. The number of hydrogen-bond donors (Lipinski definition) is 1. The minimum atomic E-state index is -3.88. The van der Waals surface area contributed by atoms with Crippen LogP contribution in [0, 0.1) is 6.92 Å².